The van der Waals surface area contributed by atoms with Gasteiger partial charge in [-0.3, -0.25) is 9.59 Å². The number of amides is 2. The molecule has 0 aliphatic carbocycles. The minimum Gasteiger partial charge on any atom is -0.355 e. The molecule has 2 N–H and O–H groups in total. The van der Waals surface area contributed by atoms with Crippen LogP contribution in [-0.4, -0.2) is 50.4 Å². The maximum absolute atomic E-state index is 11.7. The Bertz CT molecular complexity index is 455. The number of nitrogens with zero attached hydrogens (tertiary/aromatic N) is 1. The molecule has 1 rings (SSSR count). The maximum Gasteiger partial charge on any atom is 0.239 e. The van der Waals surface area contributed by atoms with Crippen LogP contribution in [0.3, 0.4) is 0 Å². The highest BCUT2D eigenvalue weighted by atomic mass is 16.2. The third kappa shape index (κ3) is 8.09. The summed E-state index contributed by atoms with van der Waals surface area (Å²) in [5.74, 6) is -0.284. The molecule has 5 heteroatoms. The van der Waals surface area contributed by atoms with Crippen LogP contribution in [0.1, 0.15) is 17.5 Å². The first-order chi connectivity index (χ1) is 9.97. The van der Waals surface area contributed by atoms with Crippen molar-refractivity contribution in [2.24, 2.45) is 0 Å². The van der Waals surface area contributed by atoms with Crippen molar-refractivity contribution in [2.45, 2.75) is 19.8 Å². The molecule has 0 radical (unpaired) electrons. The number of aryl methyl sites for hydroxylation is 1. The van der Waals surface area contributed by atoms with Gasteiger partial charge in [-0.25, -0.2) is 0 Å². The van der Waals surface area contributed by atoms with Crippen LogP contribution < -0.4 is 10.6 Å². The third-order valence-corrected chi connectivity index (χ3v) is 3.04. The Kier molecular flexibility index (Phi) is 7.46. The maximum atomic E-state index is 11.7. The first-order valence-electron chi connectivity index (χ1n) is 7.21. The van der Waals surface area contributed by atoms with Crippen LogP contribution in [0.2, 0.25) is 0 Å². The Morgan fingerprint density at radius 1 is 1.05 bits per heavy atom. The van der Waals surface area contributed by atoms with E-state index in [4.69, 9.17) is 0 Å². The van der Waals surface area contributed by atoms with E-state index in [1.165, 1.54) is 0 Å². The number of carbonyl (C=O) groups excluding carboxylic acids is 2. The SMILES string of the molecule is Cc1ccc(CC(=O)NCC(=O)NCCCN(C)C)cc1. The Hall–Kier alpha value is -1.88. The number of nitrogens with one attached hydrogen (secondary N) is 2. The highest BCUT2D eigenvalue weighted by molar-refractivity contribution is 5.85. The average molecular weight is 291 g/mol. The summed E-state index contributed by atoms with van der Waals surface area (Å²) in [6.07, 6.45) is 1.20. The van der Waals surface area contributed by atoms with E-state index < -0.39 is 0 Å². The molecule has 116 valence electrons. The van der Waals surface area contributed by atoms with E-state index in [1.54, 1.807) is 0 Å². The lowest BCUT2D eigenvalue weighted by molar-refractivity contribution is -0.125. The number of hydrogen-bond acceptors (Lipinski definition) is 3. The monoisotopic (exact) mass is 291 g/mol. The highest BCUT2D eigenvalue weighted by Crippen LogP contribution is 2.03. The molecule has 0 aromatic heterocycles. The summed E-state index contributed by atoms with van der Waals surface area (Å²) in [7, 11) is 3.99. The summed E-state index contributed by atoms with van der Waals surface area (Å²) in [5.41, 5.74) is 2.11. The number of carbonyl (C=O) groups is 2. The largest absolute Gasteiger partial charge is 0.355 e. The lowest BCUT2D eigenvalue weighted by Gasteiger charge is -2.10. The Morgan fingerprint density at radius 3 is 2.33 bits per heavy atom. The van der Waals surface area contributed by atoms with Crippen LogP contribution in [0, 0.1) is 6.92 Å². The minimum absolute atomic E-state index is 0.0344. The smallest absolute Gasteiger partial charge is 0.239 e. The second-order valence-corrected chi connectivity index (χ2v) is 5.45. The third-order valence-electron chi connectivity index (χ3n) is 3.04. The molecule has 0 heterocycles. The van der Waals surface area contributed by atoms with Crippen molar-refractivity contribution in [3.05, 3.63) is 35.4 Å². The Morgan fingerprint density at radius 2 is 1.71 bits per heavy atom. The molecule has 0 aliphatic rings. The Labute approximate surface area is 126 Å². The van der Waals surface area contributed by atoms with Gasteiger partial charge in [-0.2, -0.15) is 0 Å². The number of benzene rings is 1. The second-order valence-electron chi connectivity index (χ2n) is 5.45. The molecule has 0 fully saturated rings. The molecule has 0 saturated heterocycles. The van der Waals surface area contributed by atoms with E-state index in [2.05, 4.69) is 15.5 Å². The Balaban J connectivity index is 2.17. The van der Waals surface area contributed by atoms with Gasteiger partial charge in [0.05, 0.1) is 13.0 Å². The molecular formula is C16H25N3O2. The summed E-state index contributed by atoms with van der Waals surface area (Å²) in [5, 5.41) is 5.42. The van der Waals surface area contributed by atoms with E-state index in [9.17, 15) is 9.59 Å². The van der Waals surface area contributed by atoms with Crippen molar-refractivity contribution in [2.75, 3.05) is 33.7 Å². The fraction of sp³-hybridized carbons (Fsp3) is 0.500. The van der Waals surface area contributed by atoms with Crippen LogP contribution in [0.4, 0.5) is 0 Å². The molecule has 2 amide bonds. The zero-order valence-corrected chi connectivity index (χ0v) is 13.1. The van der Waals surface area contributed by atoms with Gasteiger partial charge in [-0.05, 0) is 39.5 Å². The molecule has 0 spiro atoms. The van der Waals surface area contributed by atoms with Gasteiger partial charge in [0, 0.05) is 6.54 Å². The summed E-state index contributed by atoms with van der Waals surface area (Å²) < 4.78 is 0. The summed E-state index contributed by atoms with van der Waals surface area (Å²) in [6.45, 7) is 3.60. The predicted molar refractivity (Wildman–Crippen MR) is 84.1 cm³/mol. The van der Waals surface area contributed by atoms with Crippen LogP contribution in [-0.2, 0) is 16.0 Å². The van der Waals surface area contributed by atoms with Crippen LogP contribution >= 0.6 is 0 Å². The minimum atomic E-state index is -0.147. The predicted octanol–water partition coefficient (Wildman–Crippen LogP) is 0.722. The second kappa shape index (κ2) is 9.13. The summed E-state index contributed by atoms with van der Waals surface area (Å²) in [6, 6.07) is 7.80. The van der Waals surface area contributed by atoms with E-state index in [0.717, 1.165) is 24.1 Å². The zero-order valence-electron chi connectivity index (χ0n) is 13.1. The van der Waals surface area contributed by atoms with Crippen molar-refractivity contribution < 1.29 is 9.59 Å². The van der Waals surface area contributed by atoms with Crippen LogP contribution in [0.15, 0.2) is 24.3 Å². The van der Waals surface area contributed by atoms with Crippen molar-refractivity contribution in [3.63, 3.8) is 0 Å². The standard InChI is InChI=1S/C16H25N3O2/c1-13-5-7-14(8-6-13)11-15(20)18-12-16(21)17-9-4-10-19(2)3/h5-8H,4,9-12H2,1-3H3,(H,17,21)(H,18,20). The van der Waals surface area contributed by atoms with Crippen molar-refractivity contribution in [3.8, 4) is 0 Å². The number of rotatable bonds is 8. The quantitative estimate of drug-likeness (QED) is 0.694. The molecule has 0 aliphatic heterocycles. The van der Waals surface area contributed by atoms with Crippen LogP contribution in [0.5, 0.6) is 0 Å². The van der Waals surface area contributed by atoms with Crippen LogP contribution in [0.25, 0.3) is 0 Å². The lowest BCUT2D eigenvalue weighted by Crippen LogP contribution is -2.38. The van der Waals surface area contributed by atoms with Gasteiger partial charge in [0.2, 0.25) is 11.8 Å². The fourth-order valence-electron chi connectivity index (χ4n) is 1.82. The van der Waals surface area contributed by atoms with E-state index >= 15 is 0 Å². The highest BCUT2D eigenvalue weighted by Gasteiger charge is 2.06. The van der Waals surface area contributed by atoms with Gasteiger partial charge < -0.3 is 15.5 Å². The van der Waals surface area contributed by atoms with E-state index in [0.29, 0.717) is 13.0 Å². The molecule has 5 nitrogen and oxygen atoms in total. The molecular weight excluding hydrogens is 266 g/mol. The summed E-state index contributed by atoms with van der Waals surface area (Å²) >= 11 is 0. The van der Waals surface area contributed by atoms with Gasteiger partial charge in [-0.15, -0.1) is 0 Å². The molecule has 0 bridgehead atoms. The van der Waals surface area contributed by atoms with Gasteiger partial charge in [0.15, 0.2) is 0 Å². The van der Waals surface area contributed by atoms with Gasteiger partial charge in [0.25, 0.3) is 0 Å². The molecule has 1 aromatic rings. The zero-order chi connectivity index (χ0) is 15.7. The number of hydrogen-bond donors (Lipinski definition) is 2. The van der Waals surface area contributed by atoms with E-state index in [-0.39, 0.29) is 18.4 Å². The van der Waals surface area contributed by atoms with E-state index in [1.807, 2.05) is 45.3 Å². The average Bonchev–Trinajstić information content (AvgIpc) is 2.44. The van der Waals surface area contributed by atoms with Crippen molar-refractivity contribution >= 4 is 11.8 Å². The first-order valence-corrected chi connectivity index (χ1v) is 7.21. The van der Waals surface area contributed by atoms with Gasteiger partial charge >= 0.3 is 0 Å². The summed E-state index contributed by atoms with van der Waals surface area (Å²) in [4.78, 5) is 25.3. The van der Waals surface area contributed by atoms with Crippen molar-refractivity contribution in [1.29, 1.82) is 0 Å². The first kappa shape index (κ1) is 17.2. The van der Waals surface area contributed by atoms with Gasteiger partial charge in [0.1, 0.15) is 0 Å². The fourth-order valence-corrected chi connectivity index (χ4v) is 1.82. The topological polar surface area (TPSA) is 61.4 Å². The molecule has 0 saturated carbocycles. The molecule has 0 unspecified atom stereocenters. The van der Waals surface area contributed by atoms with Gasteiger partial charge in [-0.1, -0.05) is 29.8 Å². The normalized spacial score (nSPS) is 10.5. The molecule has 21 heavy (non-hydrogen) atoms. The molecule has 0 atom stereocenters. The lowest BCUT2D eigenvalue weighted by atomic mass is 10.1. The molecule has 1 aromatic carbocycles. The van der Waals surface area contributed by atoms with Crippen molar-refractivity contribution in [1.82, 2.24) is 15.5 Å².